The summed E-state index contributed by atoms with van der Waals surface area (Å²) >= 11 is 0. The van der Waals surface area contributed by atoms with Crippen molar-refractivity contribution in [3.05, 3.63) is 23.9 Å². The molecule has 0 saturated carbocycles. The molecule has 2 rings (SSSR count). The van der Waals surface area contributed by atoms with Crippen LogP contribution in [0.15, 0.2) is 18.3 Å². The van der Waals surface area contributed by atoms with Crippen molar-refractivity contribution in [1.29, 1.82) is 0 Å². The van der Waals surface area contributed by atoms with E-state index in [1.807, 2.05) is 12.1 Å². The van der Waals surface area contributed by atoms with Gasteiger partial charge in [0.2, 0.25) is 0 Å². The van der Waals surface area contributed by atoms with Crippen LogP contribution in [0.4, 0.5) is 5.82 Å². The molecule has 3 nitrogen and oxygen atoms in total. The number of anilines is 1. The molecular weight excluding hydrogens is 200 g/mol. The van der Waals surface area contributed by atoms with Gasteiger partial charge in [-0.05, 0) is 30.4 Å². The molecule has 0 unspecified atom stereocenters. The fraction of sp³-hybridized carbons (Fsp3) is 0.615. The molecule has 0 bridgehead atoms. The normalized spacial score (nSPS) is 21.1. The van der Waals surface area contributed by atoms with Gasteiger partial charge in [-0.2, -0.15) is 0 Å². The lowest BCUT2D eigenvalue weighted by Gasteiger charge is -2.20. The van der Waals surface area contributed by atoms with Gasteiger partial charge < -0.3 is 10.0 Å². The van der Waals surface area contributed by atoms with Gasteiger partial charge in [0.1, 0.15) is 5.82 Å². The summed E-state index contributed by atoms with van der Waals surface area (Å²) in [5.74, 6) is 1.02. The van der Waals surface area contributed by atoms with Crippen LogP contribution < -0.4 is 4.90 Å². The first-order chi connectivity index (χ1) is 7.48. The van der Waals surface area contributed by atoms with Crippen molar-refractivity contribution in [1.82, 2.24) is 4.98 Å². The van der Waals surface area contributed by atoms with Gasteiger partial charge in [0, 0.05) is 19.3 Å². The second-order valence-electron chi connectivity index (χ2n) is 5.46. The monoisotopic (exact) mass is 220 g/mol. The smallest absolute Gasteiger partial charge is 0.128 e. The lowest BCUT2D eigenvalue weighted by molar-refractivity contribution is 0.199. The third kappa shape index (κ3) is 2.35. The number of nitrogens with zero attached hydrogens (tertiary/aromatic N) is 2. The highest BCUT2D eigenvalue weighted by Crippen LogP contribution is 2.31. The van der Waals surface area contributed by atoms with E-state index in [0.29, 0.717) is 5.41 Å². The number of hydrogen-bond acceptors (Lipinski definition) is 3. The van der Waals surface area contributed by atoms with Crippen LogP contribution in [0.3, 0.4) is 0 Å². The highest BCUT2D eigenvalue weighted by Gasteiger charge is 2.29. The number of rotatable bonds is 2. The van der Waals surface area contributed by atoms with E-state index in [1.165, 1.54) is 6.42 Å². The molecule has 0 radical (unpaired) electrons. The first-order valence-electron chi connectivity index (χ1n) is 5.87. The largest absolute Gasteiger partial charge is 0.389 e. The Balaban J connectivity index is 2.11. The van der Waals surface area contributed by atoms with Gasteiger partial charge >= 0.3 is 0 Å². The minimum absolute atomic E-state index is 0.393. The topological polar surface area (TPSA) is 36.4 Å². The molecule has 0 aliphatic carbocycles. The van der Waals surface area contributed by atoms with Gasteiger partial charge in [-0.25, -0.2) is 4.98 Å². The summed E-state index contributed by atoms with van der Waals surface area (Å²) in [5, 5.41) is 9.41. The van der Waals surface area contributed by atoms with Crippen molar-refractivity contribution in [3.63, 3.8) is 0 Å². The summed E-state index contributed by atoms with van der Waals surface area (Å²) in [6.07, 6.45) is 2.55. The average Bonchev–Trinajstić information content (AvgIpc) is 2.59. The molecule has 1 fully saturated rings. The maximum absolute atomic E-state index is 9.41. The van der Waals surface area contributed by atoms with E-state index < -0.39 is 6.10 Å². The maximum Gasteiger partial charge on any atom is 0.128 e. The number of pyridine rings is 1. The molecule has 0 amide bonds. The zero-order valence-electron chi connectivity index (χ0n) is 10.3. The van der Waals surface area contributed by atoms with Crippen LogP contribution in [-0.4, -0.2) is 23.2 Å². The second kappa shape index (κ2) is 4.06. The van der Waals surface area contributed by atoms with Crippen molar-refractivity contribution in [2.45, 2.75) is 33.3 Å². The minimum atomic E-state index is -0.434. The molecule has 1 aromatic rings. The lowest BCUT2D eigenvalue weighted by atomic mass is 9.93. The summed E-state index contributed by atoms with van der Waals surface area (Å²) in [7, 11) is 0. The molecule has 0 aromatic carbocycles. The Morgan fingerprint density at radius 3 is 2.62 bits per heavy atom. The summed E-state index contributed by atoms with van der Waals surface area (Å²) in [6, 6.07) is 3.96. The molecule has 0 spiro atoms. The summed E-state index contributed by atoms with van der Waals surface area (Å²) in [4.78, 5) is 6.72. The zero-order valence-corrected chi connectivity index (χ0v) is 10.3. The van der Waals surface area contributed by atoms with Crippen molar-refractivity contribution < 1.29 is 5.11 Å². The van der Waals surface area contributed by atoms with Crippen LogP contribution >= 0.6 is 0 Å². The van der Waals surface area contributed by atoms with E-state index in [-0.39, 0.29) is 0 Å². The number of hydrogen-bond donors (Lipinski definition) is 1. The molecule has 3 heteroatoms. The van der Waals surface area contributed by atoms with Gasteiger partial charge in [-0.15, -0.1) is 0 Å². The van der Waals surface area contributed by atoms with Crippen molar-refractivity contribution >= 4 is 5.82 Å². The quantitative estimate of drug-likeness (QED) is 0.831. The van der Waals surface area contributed by atoms with Crippen molar-refractivity contribution in [2.75, 3.05) is 18.0 Å². The van der Waals surface area contributed by atoms with Crippen LogP contribution in [0.5, 0.6) is 0 Å². The molecule has 1 saturated heterocycles. The maximum atomic E-state index is 9.41. The van der Waals surface area contributed by atoms with Crippen molar-refractivity contribution in [3.8, 4) is 0 Å². The summed E-state index contributed by atoms with van der Waals surface area (Å²) < 4.78 is 0. The summed E-state index contributed by atoms with van der Waals surface area (Å²) in [5.41, 5.74) is 1.27. The van der Waals surface area contributed by atoms with Gasteiger partial charge in [-0.1, -0.05) is 19.9 Å². The first kappa shape index (κ1) is 11.4. The van der Waals surface area contributed by atoms with Gasteiger partial charge in [0.15, 0.2) is 0 Å². The third-order valence-corrected chi connectivity index (χ3v) is 3.25. The first-order valence-corrected chi connectivity index (χ1v) is 5.87. The molecule has 1 aliphatic rings. The molecule has 16 heavy (non-hydrogen) atoms. The van der Waals surface area contributed by atoms with Gasteiger partial charge in [0.25, 0.3) is 0 Å². The predicted molar refractivity (Wildman–Crippen MR) is 65.5 cm³/mol. The molecule has 1 atom stereocenters. The van der Waals surface area contributed by atoms with Crippen LogP contribution in [0.25, 0.3) is 0 Å². The Bertz CT molecular complexity index is 357. The Morgan fingerprint density at radius 2 is 2.19 bits per heavy atom. The van der Waals surface area contributed by atoms with Crippen LogP contribution in [0.2, 0.25) is 0 Å². The van der Waals surface area contributed by atoms with E-state index in [0.717, 1.165) is 24.5 Å². The van der Waals surface area contributed by atoms with Gasteiger partial charge in [0.05, 0.1) is 6.10 Å². The molecule has 1 aliphatic heterocycles. The van der Waals surface area contributed by atoms with Crippen LogP contribution in [-0.2, 0) is 0 Å². The SMILES string of the molecule is C[C@@H](O)c1ccc(N2CCC(C)(C)C2)nc1. The fourth-order valence-electron chi connectivity index (χ4n) is 2.14. The number of aromatic nitrogens is 1. The Kier molecular flexibility index (Phi) is 2.89. The molecule has 1 aromatic heterocycles. The molecular formula is C13H20N2O. The minimum Gasteiger partial charge on any atom is -0.389 e. The lowest BCUT2D eigenvalue weighted by Crippen LogP contribution is -2.23. The Hall–Kier alpha value is -1.09. The van der Waals surface area contributed by atoms with Crippen LogP contribution in [0, 0.1) is 5.41 Å². The molecule has 2 heterocycles. The van der Waals surface area contributed by atoms with E-state index >= 15 is 0 Å². The molecule has 1 N–H and O–H groups in total. The van der Waals surface area contributed by atoms with Gasteiger partial charge in [-0.3, -0.25) is 0 Å². The number of aliphatic hydroxyl groups excluding tert-OH is 1. The third-order valence-electron chi connectivity index (χ3n) is 3.25. The Labute approximate surface area is 97.1 Å². The van der Waals surface area contributed by atoms with Crippen molar-refractivity contribution in [2.24, 2.45) is 5.41 Å². The zero-order chi connectivity index (χ0) is 11.8. The standard InChI is InChI=1S/C13H20N2O/c1-10(16)11-4-5-12(14-8-11)15-7-6-13(2,3)9-15/h4-5,8,10,16H,6-7,9H2,1-3H3/t10-/m1/s1. The second-order valence-corrected chi connectivity index (χ2v) is 5.46. The average molecular weight is 220 g/mol. The molecule has 88 valence electrons. The van der Waals surface area contributed by atoms with E-state index in [2.05, 4.69) is 23.7 Å². The highest BCUT2D eigenvalue weighted by atomic mass is 16.3. The predicted octanol–water partition coefficient (Wildman–Crippen LogP) is 2.37. The number of aliphatic hydroxyl groups is 1. The summed E-state index contributed by atoms with van der Waals surface area (Å²) in [6.45, 7) is 8.48. The van der Waals surface area contributed by atoms with E-state index in [4.69, 9.17) is 0 Å². The Morgan fingerprint density at radius 1 is 1.44 bits per heavy atom. The van der Waals surface area contributed by atoms with E-state index in [1.54, 1.807) is 13.1 Å². The van der Waals surface area contributed by atoms with Crippen LogP contribution in [0.1, 0.15) is 38.9 Å². The van der Waals surface area contributed by atoms with E-state index in [9.17, 15) is 5.11 Å². The highest BCUT2D eigenvalue weighted by molar-refractivity contribution is 5.41. The fourth-order valence-corrected chi connectivity index (χ4v) is 2.14.